The lowest BCUT2D eigenvalue weighted by atomic mass is 10.1. The van der Waals surface area contributed by atoms with Crippen LogP contribution in [0.15, 0.2) is 0 Å². The summed E-state index contributed by atoms with van der Waals surface area (Å²) in [6, 6.07) is -0.207. The van der Waals surface area contributed by atoms with Crippen molar-refractivity contribution in [2.45, 2.75) is 32.4 Å². The molecule has 4 nitrogen and oxygen atoms in total. The van der Waals surface area contributed by atoms with E-state index in [1.807, 2.05) is 7.05 Å². The Bertz CT molecular complexity index is 301. The molecule has 0 saturated carbocycles. The molecule has 0 aromatic heterocycles. The molecule has 2 unspecified atom stereocenters. The summed E-state index contributed by atoms with van der Waals surface area (Å²) in [7, 11) is -0.929. The van der Waals surface area contributed by atoms with Crippen LogP contribution in [0, 0.1) is 5.92 Å². The van der Waals surface area contributed by atoms with Gasteiger partial charge in [0, 0.05) is 12.1 Å². The largest absolute Gasteiger partial charge is 0.325 e. The van der Waals surface area contributed by atoms with Crippen molar-refractivity contribution in [3.05, 3.63) is 0 Å². The quantitative estimate of drug-likeness (QED) is 0.749. The van der Waals surface area contributed by atoms with Gasteiger partial charge in [0.2, 0.25) is 0 Å². The lowest BCUT2D eigenvalue weighted by molar-refractivity contribution is 0.231. The highest BCUT2D eigenvalue weighted by atomic mass is 32.2. The van der Waals surface area contributed by atoms with Crippen molar-refractivity contribution >= 4 is 9.84 Å². The van der Waals surface area contributed by atoms with Gasteiger partial charge in [0.1, 0.15) is 0 Å². The van der Waals surface area contributed by atoms with Gasteiger partial charge < -0.3 is 10.6 Å². The Labute approximate surface area is 92.7 Å². The number of likely N-dealkylation sites (N-methyl/N-ethyl adjacent to an activating group) is 1. The van der Waals surface area contributed by atoms with E-state index in [0.29, 0.717) is 5.92 Å². The van der Waals surface area contributed by atoms with E-state index in [-0.39, 0.29) is 23.6 Å². The van der Waals surface area contributed by atoms with Crippen LogP contribution in [0.2, 0.25) is 0 Å². The van der Waals surface area contributed by atoms with Crippen LogP contribution in [0.4, 0.5) is 0 Å². The second-order valence-electron chi connectivity index (χ2n) is 4.97. The van der Waals surface area contributed by atoms with Gasteiger partial charge in [0.25, 0.3) is 0 Å². The van der Waals surface area contributed by atoms with E-state index in [1.165, 1.54) is 0 Å². The van der Waals surface area contributed by atoms with Crippen LogP contribution < -0.4 is 5.73 Å². The topological polar surface area (TPSA) is 63.4 Å². The summed E-state index contributed by atoms with van der Waals surface area (Å²) >= 11 is 0. The molecule has 0 aromatic rings. The molecule has 0 radical (unpaired) electrons. The number of nitrogens with two attached hydrogens (primary N) is 1. The molecular weight excluding hydrogens is 212 g/mol. The van der Waals surface area contributed by atoms with Crippen molar-refractivity contribution in [3.8, 4) is 0 Å². The molecule has 5 heteroatoms. The average molecular weight is 234 g/mol. The number of sulfone groups is 1. The molecule has 0 aliphatic carbocycles. The van der Waals surface area contributed by atoms with E-state index in [4.69, 9.17) is 5.73 Å². The van der Waals surface area contributed by atoms with Crippen LogP contribution in [-0.2, 0) is 9.84 Å². The molecule has 0 spiro atoms. The van der Waals surface area contributed by atoms with Gasteiger partial charge >= 0.3 is 0 Å². The van der Waals surface area contributed by atoms with E-state index >= 15 is 0 Å². The standard InChI is InChI=1S/C10H22N2O2S/c1-8(2)4-5-12(3)10-7-15(13,14)6-9(10)11/h8-10H,4-7,11H2,1-3H3. The van der Waals surface area contributed by atoms with E-state index < -0.39 is 9.84 Å². The van der Waals surface area contributed by atoms with Crippen LogP contribution in [0.3, 0.4) is 0 Å². The minimum Gasteiger partial charge on any atom is -0.325 e. The number of hydrogen-bond donors (Lipinski definition) is 1. The minimum atomic E-state index is -2.89. The van der Waals surface area contributed by atoms with Gasteiger partial charge in [-0.1, -0.05) is 13.8 Å². The molecule has 1 rings (SSSR count). The zero-order valence-electron chi connectivity index (χ0n) is 9.81. The van der Waals surface area contributed by atoms with Gasteiger partial charge in [0.15, 0.2) is 9.84 Å². The lowest BCUT2D eigenvalue weighted by Crippen LogP contribution is -2.45. The van der Waals surface area contributed by atoms with E-state index in [9.17, 15) is 8.42 Å². The molecule has 1 fully saturated rings. The third-order valence-corrected chi connectivity index (χ3v) is 4.73. The zero-order valence-corrected chi connectivity index (χ0v) is 10.6. The summed E-state index contributed by atoms with van der Waals surface area (Å²) in [6.07, 6.45) is 1.08. The van der Waals surface area contributed by atoms with Gasteiger partial charge in [-0.3, -0.25) is 0 Å². The van der Waals surface area contributed by atoms with Crippen molar-refractivity contribution in [1.82, 2.24) is 4.90 Å². The van der Waals surface area contributed by atoms with Crippen molar-refractivity contribution in [1.29, 1.82) is 0 Å². The van der Waals surface area contributed by atoms with Crippen molar-refractivity contribution in [2.24, 2.45) is 11.7 Å². The first-order valence-electron chi connectivity index (χ1n) is 5.48. The fourth-order valence-electron chi connectivity index (χ4n) is 1.94. The Kier molecular flexibility index (Phi) is 4.14. The molecule has 1 aliphatic heterocycles. The summed E-state index contributed by atoms with van der Waals surface area (Å²) in [5.41, 5.74) is 5.84. The molecule has 2 atom stereocenters. The summed E-state index contributed by atoms with van der Waals surface area (Å²) in [5.74, 6) is 1.01. The van der Waals surface area contributed by atoms with E-state index in [1.54, 1.807) is 0 Å². The molecule has 0 aromatic carbocycles. The molecule has 2 N–H and O–H groups in total. The average Bonchev–Trinajstić information content (AvgIpc) is 2.35. The normalized spacial score (nSPS) is 30.3. The summed E-state index contributed by atoms with van der Waals surface area (Å²) in [5, 5.41) is 0. The zero-order chi connectivity index (χ0) is 11.6. The van der Waals surface area contributed by atoms with Crippen LogP contribution in [-0.4, -0.2) is 50.5 Å². The van der Waals surface area contributed by atoms with Crippen LogP contribution in [0.25, 0.3) is 0 Å². The first kappa shape index (κ1) is 12.9. The first-order chi connectivity index (χ1) is 6.82. The predicted octanol–water partition coefficient (Wildman–Crippen LogP) is 0.0886. The Morgan fingerprint density at radius 3 is 2.40 bits per heavy atom. The van der Waals surface area contributed by atoms with Crippen LogP contribution in [0.5, 0.6) is 0 Å². The summed E-state index contributed by atoms with van der Waals surface area (Å²) in [4.78, 5) is 2.09. The summed E-state index contributed by atoms with van der Waals surface area (Å²) in [6.45, 7) is 5.25. The van der Waals surface area contributed by atoms with Gasteiger partial charge in [-0.05, 0) is 25.9 Å². The molecule has 1 saturated heterocycles. The number of nitrogens with zero attached hydrogens (tertiary/aromatic N) is 1. The van der Waals surface area contributed by atoms with Crippen LogP contribution in [0.1, 0.15) is 20.3 Å². The van der Waals surface area contributed by atoms with E-state index in [0.717, 1.165) is 13.0 Å². The molecule has 0 bridgehead atoms. The fourth-order valence-corrected chi connectivity index (χ4v) is 3.90. The Balaban J connectivity index is 2.50. The maximum Gasteiger partial charge on any atom is 0.153 e. The second-order valence-corrected chi connectivity index (χ2v) is 7.13. The molecule has 0 amide bonds. The second kappa shape index (κ2) is 4.80. The Hall–Kier alpha value is -0.130. The highest BCUT2D eigenvalue weighted by molar-refractivity contribution is 7.91. The highest BCUT2D eigenvalue weighted by Gasteiger charge is 2.37. The lowest BCUT2D eigenvalue weighted by Gasteiger charge is -2.26. The third kappa shape index (κ3) is 3.74. The van der Waals surface area contributed by atoms with Gasteiger partial charge in [-0.25, -0.2) is 8.42 Å². The van der Waals surface area contributed by atoms with Gasteiger partial charge in [0.05, 0.1) is 11.5 Å². The summed E-state index contributed by atoms with van der Waals surface area (Å²) < 4.78 is 22.8. The van der Waals surface area contributed by atoms with Gasteiger partial charge in [-0.2, -0.15) is 0 Å². The molecule has 90 valence electrons. The number of rotatable bonds is 4. The minimum absolute atomic E-state index is 0.00810. The van der Waals surface area contributed by atoms with Gasteiger partial charge in [-0.15, -0.1) is 0 Å². The fraction of sp³-hybridized carbons (Fsp3) is 1.00. The predicted molar refractivity (Wildman–Crippen MR) is 62.5 cm³/mol. The monoisotopic (exact) mass is 234 g/mol. The van der Waals surface area contributed by atoms with Crippen molar-refractivity contribution in [3.63, 3.8) is 0 Å². The van der Waals surface area contributed by atoms with Crippen LogP contribution >= 0.6 is 0 Å². The maximum absolute atomic E-state index is 11.4. The molecular formula is C10H22N2O2S. The maximum atomic E-state index is 11.4. The highest BCUT2D eigenvalue weighted by Crippen LogP contribution is 2.16. The first-order valence-corrected chi connectivity index (χ1v) is 7.30. The Morgan fingerprint density at radius 1 is 1.40 bits per heavy atom. The molecule has 1 aliphatic rings. The van der Waals surface area contributed by atoms with Crippen molar-refractivity contribution in [2.75, 3.05) is 25.1 Å². The third-order valence-electron chi connectivity index (χ3n) is 2.99. The van der Waals surface area contributed by atoms with Crippen molar-refractivity contribution < 1.29 is 8.42 Å². The SMILES string of the molecule is CC(C)CCN(C)C1CS(=O)(=O)CC1N. The Morgan fingerprint density at radius 2 is 2.00 bits per heavy atom. The number of hydrogen-bond acceptors (Lipinski definition) is 4. The molecule has 1 heterocycles. The molecule has 15 heavy (non-hydrogen) atoms. The smallest absolute Gasteiger partial charge is 0.153 e. The van der Waals surface area contributed by atoms with E-state index in [2.05, 4.69) is 18.7 Å².